The van der Waals surface area contributed by atoms with Crippen LogP contribution < -0.4 is 5.73 Å². The van der Waals surface area contributed by atoms with Crippen LogP contribution >= 0.6 is 15.9 Å². The Hall–Kier alpha value is -1.22. The van der Waals surface area contributed by atoms with Crippen molar-refractivity contribution in [2.75, 3.05) is 5.73 Å². The third-order valence-electron chi connectivity index (χ3n) is 1.49. The topological polar surface area (TPSA) is 103 Å². The molecule has 1 rings (SSSR count). The number of rotatable bonds is 2. The van der Waals surface area contributed by atoms with Gasteiger partial charge in [-0.3, -0.25) is 10.1 Å². The Kier molecular flexibility index (Phi) is 2.95. The molecule has 15 heavy (non-hydrogen) atoms. The van der Waals surface area contributed by atoms with Crippen LogP contribution in [-0.2, 0) is 10.2 Å². The van der Waals surface area contributed by atoms with E-state index in [0.29, 0.717) is 0 Å². The molecule has 0 unspecified atom stereocenters. The maximum absolute atomic E-state index is 12.7. The number of anilines is 1. The summed E-state index contributed by atoms with van der Waals surface area (Å²) in [6, 6.07) is 1.84. The van der Waals surface area contributed by atoms with Gasteiger partial charge in [0.05, 0.1) is 4.92 Å². The first-order valence-electron chi connectivity index (χ1n) is 3.41. The largest absolute Gasteiger partial charge is 0.398 e. The van der Waals surface area contributed by atoms with Gasteiger partial charge in [0, 0.05) is 16.2 Å². The number of nitrogens with two attached hydrogens (primary N) is 1. The molecule has 0 aliphatic rings. The molecule has 0 aliphatic carbocycles. The van der Waals surface area contributed by atoms with Gasteiger partial charge < -0.3 is 5.73 Å². The Morgan fingerprint density at radius 3 is 2.40 bits per heavy atom. The van der Waals surface area contributed by atoms with E-state index in [1.54, 1.807) is 0 Å². The quantitative estimate of drug-likeness (QED) is 0.386. The van der Waals surface area contributed by atoms with E-state index in [1.165, 1.54) is 0 Å². The zero-order valence-electron chi connectivity index (χ0n) is 6.98. The van der Waals surface area contributed by atoms with Crippen molar-refractivity contribution in [3.05, 3.63) is 26.7 Å². The monoisotopic (exact) mass is 298 g/mol. The lowest BCUT2D eigenvalue weighted by Crippen LogP contribution is -2.02. The van der Waals surface area contributed by atoms with Crippen LogP contribution in [0.1, 0.15) is 0 Å². The molecule has 0 heterocycles. The molecule has 0 bridgehead atoms. The maximum atomic E-state index is 12.7. The standard InChI is InChI=1S/C6H4BrFN2O4S/c7-4-1-3(9)2-5(10(11)12)6(4)15(8,13)14/h1-2H,9H2. The van der Waals surface area contributed by atoms with E-state index in [9.17, 15) is 22.4 Å². The molecule has 1 aromatic carbocycles. The van der Waals surface area contributed by atoms with Crippen molar-refractivity contribution in [3.8, 4) is 0 Å². The van der Waals surface area contributed by atoms with Gasteiger partial charge in [-0.05, 0) is 22.0 Å². The number of hydrogen-bond acceptors (Lipinski definition) is 5. The first-order chi connectivity index (χ1) is 6.73. The number of halogens is 2. The highest BCUT2D eigenvalue weighted by atomic mass is 79.9. The molecule has 0 spiro atoms. The fourth-order valence-corrected chi connectivity index (χ4v) is 2.70. The molecular formula is C6H4BrFN2O4S. The van der Waals surface area contributed by atoms with Gasteiger partial charge in [-0.2, -0.15) is 8.42 Å². The summed E-state index contributed by atoms with van der Waals surface area (Å²) in [7, 11) is -5.17. The van der Waals surface area contributed by atoms with Crippen molar-refractivity contribution in [1.82, 2.24) is 0 Å². The molecular weight excluding hydrogens is 295 g/mol. The summed E-state index contributed by atoms with van der Waals surface area (Å²) in [6.45, 7) is 0. The van der Waals surface area contributed by atoms with E-state index in [1.807, 2.05) is 0 Å². The third kappa shape index (κ3) is 2.42. The van der Waals surface area contributed by atoms with Crippen molar-refractivity contribution < 1.29 is 17.2 Å². The van der Waals surface area contributed by atoms with Gasteiger partial charge in [0.2, 0.25) is 0 Å². The lowest BCUT2D eigenvalue weighted by Gasteiger charge is -2.02. The Morgan fingerprint density at radius 2 is 2.00 bits per heavy atom. The fraction of sp³-hybridized carbons (Fsp3) is 0. The second kappa shape index (κ2) is 3.74. The zero-order chi connectivity index (χ0) is 11.8. The van der Waals surface area contributed by atoms with Crippen molar-refractivity contribution in [3.63, 3.8) is 0 Å². The predicted octanol–water partition coefficient (Wildman–Crippen LogP) is 1.60. The summed E-state index contributed by atoms with van der Waals surface area (Å²) in [4.78, 5) is 8.42. The van der Waals surface area contributed by atoms with Crippen molar-refractivity contribution in [1.29, 1.82) is 0 Å². The molecule has 0 saturated carbocycles. The highest BCUT2D eigenvalue weighted by Crippen LogP contribution is 2.34. The van der Waals surface area contributed by atoms with Crippen molar-refractivity contribution in [2.45, 2.75) is 4.90 Å². The number of nitrogens with zero attached hydrogens (tertiary/aromatic N) is 1. The van der Waals surface area contributed by atoms with Gasteiger partial charge in [-0.25, -0.2) is 0 Å². The van der Waals surface area contributed by atoms with Crippen LogP contribution in [0.25, 0.3) is 0 Å². The van der Waals surface area contributed by atoms with Crippen LogP contribution in [0.15, 0.2) is 21.5 Å². The lowest BCUT2D eigenvalue weighted by molar-refractivity contribution is -0.387. The molecule has 0 fully saturated rings. The number of hydrogen-bond donors (Lipinski definition) is 1. The van der Waals surface area contributed by atoms with E-state index in [-0.39, 0.29) is 10.2 Å². The molecule has 0 radical (unpaired) electrons. The van der Waals surface area contributed by atoms with Crippen molar-refractivity contribution >= 4 is 37.5 Å². The normalized spacial score (nSPS) is 11.3. The van der Waals surface area contributed by atoms with Crippen LogP contribution in [0.3, 0.4) is 0 Å². The molecule has 0 amide bonds. The molecule has 2 N–H and O–H groups in total. The minimum Gasteiger partial charge on any atom is -0.398 e. The van der Waals surface area contributed by atoms with Gasteiger partial charge in [-0.1, -0.05) is 0 Å². The average Bonchev–Trinajstić information content (AvgIpc) is 1.99. The smallest absolute Gasteiger partial charge is 0.340 e. The second-order valence-electron chi connectivity index (χ2n) is 2.55. The first-order valence-corrected chi connectivity index (χ1v) is 5.59. The summed E-state index contributed by atoms with van der Waals surface area (Å²) in [5.41, 5.74) is 4.32. The molecule has 0 aromatic heterocycles. The Morgan fingerprint density at radius 1 is 1.47 bits per heavy atom. The summed E-state index contributed by atoms with van der Waals surface area (Å²) in [5.74, 6) is 0. The Balaban J connectivity index is 3.70. The van der Waals surface area contributed by atoms with Gasteiger partial charge in [0.1, 0.15) is 0 Å². The highest BCUT2D eigenvalue weighted by molar-refractivity contribution is 9.10. The van der Waals surface area contributed by atoms with E-state index < -0.39 is 25.7 Å². The molecule has 9 heteroatoms. The fourth-order valence-electron chi connectivity index (χ4n) is 0.976. The first kappa shape index (κ1) is 11.9. The number of nitro benzene ring substituents is 1. The van der Waals surface area contributed by atoms with E-state index in [4.69, 9.17) is 5.73 Å². The third-order valence-corrected chi connectivity index (χ3v) is 3.29. The van der Waals surface area contributed by atoms with Crippen LogP contribution in [0.4, 0.5) is 15.3 Å². The maximum Gasteiger partial charge on any atom is 0.340 e. The van der Waals surface area contributed by atoms with E-state index in [2.05, 4.69) is 15.9 Å². The van der Waals surface area contributed by atoms with Gasteiger partial charge in [0.25, 0.3) is 5.69 Å². The average molecular weight is 299 g/mol. The molecule has 0 saturated heterocycles. The van der Waals surface area contributed by atoms with E-state index in [0.717, 1.165) is 12.1 Å². The molecule has 0 atom stereocenters. The molecule has 6 nitrogen and oxygen atoms in total. The van der Waals surface area contributed by atoms with Crippen molar-refractivity contribution in [2.24, 2.45) is 0 Å². The molecule has 82 valence electrons. The number of nitro groups is 1. The van der Waals surface area contributed by atoms with Crippen LogP contribution in [0.5, 0.6) is 0 Å². The minimum atomic E-state index is -5.17. The van der Waals surface area contributed by atoms with Gasteiger partial charge in [-0.15, -0.1) is 3.89 Å². The summed E-state index contributed by atoms with van der Waals surface area (Å²) < 4.78 is 33.7. The molecule has 0 aliphatic heterocycles. The highest BCUT2D eigenvalue weighted by Gasteiger charge is 2.29. The Bertz CT molecular complexity index is 530. The van der Waals surface area contributed by atoms with Crippen LogP contribution in [0.2, 0.25) is 0 Å². The van der Waals surface area contributed by atoms with E-state index >= 15 is 0 Å². The Labute approximate surface area is 92.4 Å². The molecule has 1 aromatic rings. The summed E-state index contributed by atoms with van der Waals surface area (Å²) in [5, 5.41) is 10.5. The number of nitrogen functional groups attached to an aromatic ring is 1. The predicted molar refractivity (Wildman–Crippen MR) is 53.5 cm³/mol. The second-order valence-corrected chi connectivity index (χ2v) is 4.68. The summed E-state index contributed by atoms with van der Waals surface area (Å²) >= 11 is 2.70. The lowest BCUT2D eigenvalue weighted by atomic mass is 10.3. The summed E-state index contributed by atoms with van der Waals surface area (Å²) in [6.07, 6.45) is 0. The number of benzene rings is 1. The van der Waals surface area contributed by atoms with Gasteiger partial charge in [0.15, 0.2) is 4.90 Å². The van der Waals surface area contributed by atoms with Crippen LogP contribution in [-0.4, -0.2) is 13.3 Å². The SMILES string of the molecule is Nc1cc(Br)c(S(=O)(=O)F)c([N+](=O)[O-])c1. The minimum absolute atomic E-state index is 0.0408. The van der Waals surface area contributed by atoms with Crippen LogP contribution in [0, 0.1) is 10.1 Å². The van der Waals surface area contributed by atoms with Gasteiger partial charge >= 0.3 is 10.2 Å². The zero-order valence-corrected chi connectivity index (χ0v) is 9.38.